The van der Waals surface area contributed by atoms with Gasteiger partial charge in [0.25, 0.3) is 5.91 Å². The van der Waals surface area contributed by atoms with Gasteiger partial charge in [0, 0.05) is 27.8 Å². The van der Waals surface area contributed by atoms with Crippen LogP contribution in [0.1, 0.15) is 9.67 Å². The molecule has 100 valence electrons. The largest absolute Gasteiger partial charge is 0.296 e. The lowest BCUT2D eigenvalue weighted by molar-refractivity contribution is 0.103. The van der Waals surface area contributed by atoms with Crippen molar-refractivity contribution in [1.29, 1.82) is 0 Å². The van der Waals surface area contributed by atoms with E-state index in [1.54, 1.807) is 18.5 Å². The highest BCUT2D eigenvalue weighted by Gasteiger charge is 2.12. The van der Waals surface area contributed by atoms with E-state index in [-0.39, 0.29) is 5.91 Å². The number of thiophene rings is 1. The molecule has 0 radical (unpaired) electrons. The average molecular weight is 367 g/mol. The first-order valence-electron chi connectivity index (χ1n) is 5.51. The SMILES string of the molecule is O=C(Nc1nnc(-c2ccncc2)s1)c1cc(Br)cs1. The van der Waals surface area contributed by atoms with Crippen LogP contribution < -0.4 is 5.32 Å². The normalized spacial score (nSPS) is 10.4. The summed E-state index contributed by atoms with van der Waals surface area (Å²) >= 11 is 6.02. The van der Waals surface area contributed by atoms with Gasteiger partial charge in [-0.1, -0.05) is 11.3 Å². The Balaban J connectivity index is 1.76. The van der Waals surface area contributed by atoms with Gasteiger partial charge in [-0.2, -0.15) is 0 Å². The van der Waals surface area contributed by atoms with Gasteiger partial charge < -0.3 is 0 Å². The third kappa shape index (κ3) is 2.92. The van der Waals surface area contributed by atoms with Crippen molar-refractivity contribution in [3.8, 4) is 10.6 Å². The Morgan fingerprint density at radius 2 is 2.05 bits per heavy atom. The minimum absolute atomic E-state index is 0.182. The van der Waals surface area contributed by atoms with Crippen LogP contribution in [0.3, 0.4) is 0 Å². The summed E-state index contributed by atoms with van der Waals surface area (Å²) in [5.41, 5.74) is 0.928. The van der Waals surface area contributed by atoms with Crippen LogP contribution in [0, 0.1) is 0 Å². The van der Waals surface area contributed by atoms with E-state index in [4.69, 9.17) is 0 Å². The molecule has 20 heavy (non-hydrogen) atoms. The summed E-state index contributed by atoms with van der Waals surface area (Å²) in [7, 11) is 0. The van der Waals surface area contributed by atoms with Crippen molar-refractivity contribution in [3.63, 3.8) is 0 Å². The Hall–Kier alpha value is -1.64. The number of rotatable bonds is 3. The molecular formula is C12H7BrN4OS2. The van der Waals surface area contributed by atoms with E-state index in [0.29, 0.717) is 10.0 Å². The fraction of sp³-hybridized carbons (Fsp3) is 0. The van der Waals surface area contributed by atoms with Crippen LogP contribution in [-0.4, -0.2) is 21.1 Å². The molecule has 3 rings (SSSR count). The highest BCUT2D eigenvalue weighted by atomic mass is 79.9. The minimum atomic E-state index is -0.182. The third-order valence-corrected chi connectivity index (χ3v) is 4.94. The monoisotopic (exact) mass is 366 g/mol. The van der Waals surface area contributed by atoms with Gasteiger partial charge in [0.15, 0.2) is 0 Å². The summed E-state index contributed by atoms with van der Waals surface area (Å²) in [6, 6.07) is 5.47. The Kier molecular flexibility index (Phi) is 3.86. The van der Waals surface area contributed by atoms with Crippen LogP contribution in [0.4, 0.5) is 5.13 Å². The van der Waals surface area contributed by atoms with Crippen molar-refractivity contribution in [1.82, 2.24) is 15.2 Å². The van der Waals surface area contributed by atoms with Gasteiger partial charge in [-0.15, -0.1) is 21.5 Å². The number of nitrogens with zero attached hydrogens (tertiary/aromatic N) is 3. The van der Waals surface area contributed by atoms with Gasteiger partial charge in [-0.25, -0.2) is 0 Å². The standard InChI is InChI=1S/C12H7BrN4OS2/c13-8-5-9(19-6-8)10(18)15-12-17-16-11(20-12)7-1-3-14-4-2-7/h1-6H,(H,15,17,18). The lowest BCUT2D eigenvalue weighted by atomic mass is 10.3. The molecule has 0 aliphatic rings. The lowest BCUT2D eigenvalue weighted by Gasteiger charge is -1.96. The molecule has 8 heteroatoms. The molecule has 0 bridgehead atoms. The van der Waals surface area contributed by atoms with Crippen LogP contribution in [0.5, 0.6) is 0 Å². The highest BCUT2D eigenvalue weighted by Crippen LogP contribution is 2.27. The van der Waals surface area contributed by atoms with Crippen molar-refractivity contribution in [2.24, 2.45) is 0 Å². The molecule has 3 aromatic rings. The molecule has 0 spiro atoms. The summed E-state index contributed by atoms with van der Waals surface area (Å²) in [6.07, 6.45) is 3.39. The topological polar surface area (TPSA) is 67.8 Å². The zero-order chi connectivity index (χ0) is 13.9. The fourth-order valence-corrected chi connectivity index (χ4v) is 3.54. The van der Waals surface area contributed by atoms with Gasteiger partial charge in [0.2, 0.25) is 5.13 Å². The summed E-state index contributed by atoms with van der Waals surface area (Å²) in [6.45, 7) is 0. The molecule has 0 aliphatic heterocycles. The van der Waals surface area contributed by atoms with Crippen molar-refractivity contribution in [2.75, 3.05) is 5.32 Å². The first-order chi connectivity index (χ1) is 9.72. The molecular weight excluding hydrogens is 360 g/mol. The molecule has 0 unspecified atom stereocenters. The summed E-state index contributed by atoms with van der Waals surface area (Å²) in [5.74, 6) is -0.182. The number of hydrogen-bond acceptors (Lipinski definition) is 6. The molecule has 5 nitrogen and oxygen atoms in total. The second-order valence-electron chi connectivity index (χ2n) is 3.73. The summed E-state index contributed by atoms with van der Waals surface area (Å²) < 4.78 is 0.891. The Bertz CT molecular complexity index is 741. The van der Waals surface area contributed by atoms with E-state index in [9.17, 15) is 4.79 Å². The molecule has 0 aromatic carbocycles. The van der Waals surface area contributed by atoms with Crippen LogP contribution in [0.2, 0.25) is 0 Å². The maximum absolute atomic E-state index is 12.0. The first-order valence-corrected chi connectivity index (χ1v) is 8.00. The van der Waals surface area contributed by atoms with E-state index in [1.807, 2.05) is 17.5 Å². The highest BCUT2D eigenvalue weighted by molar-refractivity contribution is 9.10. The quantitative estimate of drug-likeness (QED) is 0.767. The number of pyridine rings is 1. The van der Waals surface area contributed by atoms with Gasteiger partial charge >= 0.3 is 0 Å². The van der Waals surface area contributed by atoms with Crippen LogP contribution in [-0.2, 0) is 0 Å². The summed E-state index contributed by atoms with van der Waals surface area (Å²) in [4.78, 5) is 16.6. The Morgan fingerprint density at radius 1 is 1.25 bits per heavy atom. The van der Waals surface area contributed by atoms with E-state index in [2.05, 4.69) is 36.4 Å². The maximum atomic E-state index is 12.0. The fourth-order valence-electron chi connectivity index (χ4n) is 1.48. The van der Waals surface area contributed by atoms with Gasteiger partial charge in [0.1, 0.15) is 5.01 Å². The number of hydrogen-bond donors (Lipinski definition) is 1. The Labute approximate surface area is 130 Å². The van der Waals surface area contributed by atoms with Crippen molar-refractivity contribution < 1.29 is 4.79 Å². The van der Waals surface area contributed by atoms with E-state index >= 15 is 0 Å². The number of aromatic nitrogens is 3. The summed E-state index contributed by atoms with van der Waals surface area (Å²) in [5, 5.41) is 13.9. The average Bonchev–Trinajstić information content (AvgIpc) is 3.09. The Morgan fingerprint density at radius 3 is 2.75 bits per heavy atom. The molecule has 0 atom stereocenters. The first kappa shape index (κ1) is 13.3. The molecule has 1 N–H and O–H groups in total. The van der Waals surface area contributed by atoms with Gasteiger partial charge in [-0.3, -0.25) is 15.1 Å². The smallest absolute Gasteiger partial charge is 0.267 e. The number of carbonyl (C=O) groups excluding carboxylic acids is 1. The molecule has 0 saturated carbocycles. The molecule has 0 fully saturated rings. The predicted molar refractivity (Wildman–Crippen MR) is 83.1 cm³/mol. The second-order valence-corrected chi connectivity index (χ2v) is 6.54. The van der Waals surface area contributed by atoms with Gasteiger partial charge in [-0.05, 0) is 34.1 Å². The molecule has 0 aliphatic carbocycles. The molecule has 1 amide bonds. The number of carbonyl (C=O) groups is 1. The van der Waals surface area contributed by atoms with E-state index in [0.717, 1.165) is 15.0 Å². The van der Waals surface area contributed by atoms with E-state index in [1.165, 1.54) is 22.7 Å². The molecule has 3 aromatic heterocycles. The van der Waals surface area contributed by atoms with Crippen molar-refractivity contribution >= 4 is 49.6 Å². The van der Waals surface area contributed by atoms with Crippen LogP contribution in [0.25, 0.3) is 10.6 Å². The maximum Gasteiger partial charge on any atom is 0.267 e. The zero-order valence-corrected chi connectivity index (χ0v) is 13.1. The second kappa shape index (κ2) is 5.78. The van der Waals surface area contributed by atoms with Crippen molar-refractivity contribution in [2.45, 2.75) is 0 Å². The van der Waals surface area contributed by atoms with E-state index < -0.39 is 0 Å². The molecule has 3 heterocycles. The van der Waals surface area contributed by atoms with Gasteiger partial charge in [0.05, 0.1) is 4.88 Å². The lowest BCUT2D eigenvalue weighted by Crippen LogP contribution is -2.09. The third-order valence-electron chi connectivity index (χ3n) is 2.36. The predicted octanol–water partition coefficient (Wildman–Crippen LogP) is 3.68. The number of anilines is 1. The molecule has 0 saturated heterocycles. The zero-order valence-electron chi connectivity index (χ0n) is 9.91. The number of amides is 1. The number of halogens is 1. The van der Waals surface area contributed by atoms with Crippen molar-refractivity contribution in [3.05, 3.63) is 45.3 Å². The minimum Gasteiger partial charge on any atom is -0.296 e. The van der Waals surface area contributed by atoms with Crippen LogP contribution >= 0.6 is 38.6 Å². The number of nitrogens with one attached hydrogen (secondary N) is 1. The van der Waals surface area contributed by atoms with Crippen LogP contribution in [0.15, 0.2) is 40.4 Å².